The van der Waals surface area contributed by atoms with E-state index in [4.69, 9.17) is 4.42 Å². The molecule has 2 atom stereocenters. The van der Waals surface area contributed by atoms with Crippen molar-refractivity contribution >= 4 is 0 Å². The normalized spacial score (nSPS) is 21.1. The summed E-state index contributed by atoms with van der Waals surface area (Å²) in [6, 6.07) is 7.98. The second-order valence-corrected chi connectivity index (χ2v) is 5.70. The van der Waals surface area contributed by atoms with Crippen LogP contribution in [0.3, 0.4) is 0 Å². The third kappa shape index (κ3) is 2.34. The van der Waals surface area contributed by atoms with Crippen LogP contribution in [0, 0.1) is 6.92 Å². The van der Waals surface area contributed by atoms with Crippen molar-refractivity contribution in [3.05, 3.63) is 53.0 Å². The molecule has 20 heavy (non-hydrogen) atoms. The van der Waals surface area contributed by atoms with Gasteiger partial charge in [0, 0.05) is 24.6 Å². The quantitative estimate of drug-likeness (QED) is 0.891. The van der Waals surface area contributed by atoms with Gasteiger partial charge < -0.3 is 14.8 Å². The van der Waals surface area contributed by atoms with Crippen LogP contribution in [0.1, 0.15) is 47.8 Å². The van der Waals surface area contributed by atoms with E-state index in [1.54, 1.807) is 6.26 Å². The van der Waals surface area contributed by atoms with Gasteiger partial charge >= 0.3 is 0 Å². The summed E-state index contributed by atoms with van der Waals surface area (Å²) in [5.41, 5.74) is 3.69. The van der Waals surface area contributed by atoms with Gasteiger partial charge in [-0.05, 0) is 48.6 Å². The minimum absolute atomic E-state index is 0.245. The van der Waals surface area contributed by atoms with Gasteiger partial charge in [0.1, 0.15) is 11.5 Å². The number of aromatic hydroxyl groups is 1. The van der Waals surface area contributed by atoms with Gasteiger partial charge in [-0.1, -0.05) is 13.0 Å². The number of hydrogen-bond donors (Lipinski definition) is 2. The zero-order valence-corrected chi connectivity index (χ0v) is 12.0. The molecule has 0 bridgehead atoms. The highest BCUT2D eigenvalue weighted by Gasteiger charge is 2.31. The summed E-state index contributed by atoms with van der Waals surface area (Å²) in [6.07, 6.45) is 3.63. The van der Waals surface area contributed by atoms with Crippen molar-refractivity contribution in [2.75, 3.05) is 6.54 Å². The fourth-order valence-electron chi connectivity index (χ4n) is 3.35. The van der Waals surface area contributed by atoms with Crippen LogP contribution < -0.4 is 5.32 Å². The Morgan fingerprint density at radius 2 is 2.15 bits per heavy atom. The average Bonchev–Trinajstić information content (AvgIpc) is 3.03. The van der Waals surface area contributed by atoms with Gasteiger partial charge in [0.15, 0.2) is 0 Å². The number of aryl methyl sites for hydroxylation is 1. The van der Waals surface area contributed by atoms with Gasteiger partial charge in [0.2, 0.25) is 0 Å². The fraction of sp³-hybridized carbons (Fsp3) is 0.412. The SMILES string of the molecule is Cc1ccc(O)c2c1C(C)CC2NCCc1ccco1. The Labute approximate surface area is 119 Å². The molecule has 0 fully saturated rings. The van der Waals surface area contributed by atoms with Crippen molar-refractivity contribution in [1.82, 2.24) is 5.32 Å². The molecular formula is C17H21NO2. The Balaban J connectivity index is 1.73. The van der Waals surface area contributed by atoms with Gasteiger partial charge in [-0.15, -0.1) is 0 Å². The van der Waals surface area contributed by atoms with E-state index in [2.05, 4.69) is 19.2 Å². The molecule has 1 heterocycles. The van der Waals surface area contributed by atoms with Crippen LogP contribution in [0.4, 0.5) is 0 Å². The van der Waals surface area contributed by atoms with E-state index in [9.17, 15) is 5.11 Å². The summed E-state index contributed by atoms with van der Waals surface area (Å²) in [6.45, 7) is 5.22. The lowest BCUT2D eigenvalue weighted by atomic mass is 9.97. The van der Waals surface area contributed by atoms with E-state index in [1.165, 1.54) is 11.1 Å². The molecule has 2 unspecified atom stereocenters. The molecule has 0 saturated heterocycles. The zero-order chi connectivity index (χ0) is 14.1. The smallest absolute Gasteiger partial charge is 0.120 e. The van der Waals surface area contributed by atoms with Crippen molar-refractivity contribution < 1.29 is 9.52 Å². The number of rotatable bonds is 4. The van der Waals surface area contributed by atoms with E-state index in [0.717, 1.165) is 30.7 Å². The van der Waals surface area contributed by atoms with Crippen molar-refractivity contribution in [1.29, 1.82) is 0 Å². The second kappa shape index (κ2) is 5.33. The maximum absolute atomic E-state index is 10.2. The molecule has 1 aliphatic carbocycles. The van der Waals surface area contributed by atoms with Crippen molar-refractivity contribution in [2.45, 2.75) is 38.6 Å². The molecule has 1 aromatic heterocycles. The molecule has 3 rings (SSSR count). The van der Waals surface area contributed by atoms with Crippen LogP contribution in [0.2, 0.25) is 0 Å². The van der Waals surface area contributed by atoms with Crippen LogP contribution in [-0.4, -0.2) is 11.7 Å². The molecule has 2 N–H and O–H groups in total. The molecule has 3 nitrogen and oxygen atoms in total. The number of phenols is 1. The van der Waals surface area contributed by atoms with Crippen LogP contribution >= 0.6 is 0 Å². The minimum Gasteiger partial charge on any atom is -0.508 e. The van der Waals surface area contributed by atoms with Crippen LogP contribution in [0.5, 0.6) is 5.75 Å². The number of hydrogen-bond acceptors (Lipinski definition) is 3. The first-order chi connectivity index (χ1) is 9.66. The van der Waals surface area contributed by atoms with E-state index >= 15 is 0 Å². The molecule has 0 radical (unpaired) electrons. The summed E-state index contributed by atoms with van der Waals surface area (Å²) in [5.74, 6) is 1.92. The molecule has 0 saturated carbocycles. The Hall–Kier alpha value is -1.74. The van der Waals surface area contributed by atoms with E-state index in [-0.39, 0.29) is 6.04 Å². The second-order valence-electron chi connectivity index (χ2n) is 5.70. The molecule has 1 aromatic carbocycles. The maximum atomic E-state index is 10.2. The molecule has 0 amide bonds. The van der Waals surface area contributed by atoms with Gasteiger partial charge in [-0.2, -0.15) is 0 Å². The average molecular weight is 271 g/mol. The predicted octanol–water partition coefficient (Wildman–Crippen LogP) is 3.67. The third-order valence-corrected chi connectivity index (χ3v) is 4.25. The van der Waals surface area contributed by atoms with E-state index in [0.29, 0.717) is 11.7 Å². The monoisotopic (exact) mass is 271 g/mol. The molecule has 2 aromatic rings. The lowest BCUT2D eigenvalue weighted by molar-refractivity contribution is 0.439. The highest BCUT2D eigenvalue weighted by molar-refractivity contribution is 5.50. The van der Waals surface area contributed by atoms with Gasteiger partial charge in [0.25, 0.3) is 0 Å². The van der Waals surface area contributed by atoms with Gasteiger partial charge in [-0.25, -0.2) is 0 Å². The first-order valence-electron chi connectivity index (χ1n) is 7.25. The van der Waals surface area contributed by atoms with E-state index < -0.39 is 0 Å². The summed E-state index contributed by atoms with van der Waals surface area (Å²) in [5, 5.41) is 13.7. The molecular weight excluding hydrogens is 250 g/mol. The Morgan fingerprint density at radius 1 is 1.30 bits per heavy atom. The molecule has 1 aliphatic rings. The van der Waals surface area contributed by atoms with Crippen molar-refractivity contribution in [3.8, 4) is 5.75 Å². The third-order valence-electron chi connectivity index (χ3n) is 4.25. The molecule has 0 aliphatic heterocycles. The first kappa shape index (κ1) is 13.3. The van der Waals surface area contributed by atoms with E-state index in [1.807, 2.05) is 24.3 Å². The van der Waals surface area contributed by atoms with Crippen molar-refractivity contribution in [2.24, 2.45) is 0 Å². The highest BCUT2D eigenvalue weighted by atomic mass is 16.3. The van der Waals surface area contributed by atoms with Crippen LogP contribution in [-0.2, 0) is 6.42 Å². The summed E-state index contributed by atoms with van der Waals surface area (Å²) < 4.78 is 5.34. The van der Waals surface area contributed by atoms with Crippen molar-refractivity contribution in [3.63, 3.8) is 0 Å². The van der Waals surface area contributed by atoms with Gasteiger partial charge in [0.05, 0.1) is 6.26 Å². The number of benzene rings is 1. The number of phenolic OH excluding ortho intramolecular Hbond substituents is 1. The molecule has 0 spiro atoms. The number of fused-ring (bicyclic) bond motifs is 1. The minimum atomic E-state index is 0.245. The maximum Gasteiger partial charge on any atom is 0.120 e. The highest BCUT2D eigenvalue weighted by Crippen LogP contribution is 2.45. The topological polar surface area (TPSA) is 45.4 Å². The van der Waals surface area contributed by atoms with Gasteiger partial charge in [-0.3, -0.25) is 0 Å². The lowest BCUT2D eigenvalue weighted by Gasteiger charge is -2.15. The number of nitrogens with one attached hydrogen (secondary N) is 1. The molecule has 3 heteroatoms. The zero-order valence-electron chi connectivity index (χ0n) is 12.0. The summed E-state index contributed by atoms with van der Waals surface area (Å²) >= 11 is 0. The standard InChI is InChI=1S/C17H21NO2/c1-11-5-6-15(19)17-14(10-12(2)16(11)17)18-8-7-13-4-3-9-20-13/h3-6,9,12,14,18-19H,7-8,10H2,1-2H3. The summed E-state index contributed by atoms with van der Waals surface area (Å²) in [4.78, 5) is 0. The summed E-state index contributed by atoms with van der Waals surface area (Å²) in [7, 11) is 0. The fourth-order valence-corrected chi connectivity index (χ4v) is 3.35. The molecule has 106 valence electrons. The Kier molecular flexibility index (Phi) is 3.53. The van der Waals surface area contributed by atoms with Crippen LogP contribution in [0.15, 0.2) is 34.9 Å². The van der Waals surface area contributed by atoms with Crippen LogP contribution in [0.25, 0.3) is 0 Å². The Morgan fingerprint density at radius 3 is 2.90 bits per heavy atom. The number of furan rings is 1. The first-order valence-corrected chi connectivity index (χ1v) is 7.25. The Bertz CT molecular complexity index is 589. The predicted molar refractivity (Wildman–Crippen MR) is 79.0 cm³/mol. The largest absolute Gasteiger partial charge is 0.508 e. The lowest BCUT2D eigenvalue weighted by Crippen LogP contribution is -2.22.